The monoisotopic (exact) mass is 394 g/mol. The van der Waals surface area contributed by atoms with Crippen LogP contribution in [-0.2, 0) is 5.92 Å². The van der Waals surface area contributed by atoms with Crippen LogP contribution in [-0.4, -0.2) is 31.7 Å². The van der Waals surface area contributed by atoms with Crippen LogP contribution in [0.5, 0.6) is 11.6 Å². The van der Waals surface area contributed by atoms with E-state index in [9.17, 15) is 26.3 Å². The summed E-state index contributed by atoms with van der Waals surface area (Å²) < 4.78 is 85.1. The van der Waals surface area contributed by atoms with Crippen LogP contribution in [0, 0.1) is 0 Å². The van der Waals surface area contributed by atoms with Crippen molar-refractivity contribution in [2.75, 3.05) is 25.2 Å². The van der Waals surface area contributed by atoms with E-state index in [1.807, 2.05) is 0 Å². The molecule has 1 aromatic carbocycles. The molecule has 0 aliphatic heterocycles. The third-order valence-electron chi connectivity index (χ3n) is 3.42. The molecule has 0 N–H and O–H groups in total. The molecule has 27 heavy (non-hydrogen) atoms. The van der Waals surface area contributed by atoms with Gasteiger partial charge in [-0.05, 0) is 30.3 Å². The van der Waals surface area contributed by atoms with Crippen LogP contribution in [0.1, 0.15) is 12.5 Å². The first-order valence-corrected chi connectivity index (χ1v) is 7.68. The molecule has 0 amide bonds. The molecule has 0 fully saturated rings. The highest BCUT2D eigenvalue weighted by molar-refractivity contribution is 5.61. The fraction of sp³-hybridized carbons (Fsp3) is 0.353. The van der Waals surface area contributed by atoms with Gasteiger partial charge < -0.3 is 14.4 Å². The standard InChI is InChI=1S/C17H16F6N2O2/c1-16(19,20)11-9-14(24-15(10-11)26-8-7-18)25(2)12-3-5-13(6-4-12)27-17(21,22)23/h3-6,9-10H,7-8H2,1-2H3. The van der Waals surface area contributed by atoms with Gasteiger partial charge in [-0.2, -0.15) is 4.98 Å². The van der Waals surface area contributed by atoms with Gasteiger partial charge in [-0.25, -0.2) is 13.2 Å². The maximum absolute atomic E-state index is 13.7. The predicted octanol–water partition coefficient (Wildman–Crippen LogP) is 5.21. The number of benzene rings is 1. The van der Waals surface area contributed by atoms with Crippen LogP contribution in [0.25, 0.3) is 0 Å². The predicted molar refractivity (Wildman–Crippen MR) is 86.5 cm³/mol. The largest absolute Gasteiger partial charge is 0.573 e. The average molecular weight is 394 g/mol. The van der Waals surface area contributed by atoms with Crippen molar-refractivity contribution in [2.45, 2.75) is 19.2 Å². The van der Waals surface area contributed by atoms with Crippen LogP contribution in [0.4, 0.5) is 37.8 Å². The van der Waals surface area contributed by atoms with Crippen LogP contribution in [0.2, 0.25) is 0 Å². The molecule has 0 aliphatic rings. The van der Waals surface area contributed by atoms with E-state index in [1.165, 1.54) is 24.1 Å². The normalized spacial score (nSPS) is 12.0. The molecule has 4 nitrogen and oxygen atoms in total. The Balaban J connectivity index is 2.32. The Kier molecular flexibility index (Phi) is 6.07. The van der Waals surface area contributed by atoms with Crippen LogP contribution in [0.15, 0.2) is 36.4 Å². The minimum absolute atomic E-state index is 0.0485. The second-order valence-electron chi connectivity index (χ2n) is 5.58. The minimum Gasteiger partial charge on any atom is -0.475 e. The molecule has 0 radical (unpaired) electrons. The van der Waals surface area contributed by atoms with Crippen molar-refractivity contribution in [3.8, 4) is 11.6 Å². The summed E-state index contributed by atoms with van der Waals surface area (Å²) in [6.45, 7) is -0.479. The molecule has 0 aliphatic carbocycles. The van der Waals surface area contributed by atoms with Crippen LogP contribution in [0.3, 0.4) is 0 Å². The summed E-state index contributed by atoms with van der Waals surface area (Å²) in [5, 5.41) is 0. The van der Waals surface area contributed by atoms with E-state index in [4.69, 9.17) is 4.74 Å². The summed E-state index contributed by atoms with van der Waals surface area (Å²) >= 11 is 0. The number of anilines is 2. The maximum atomic E-state index is 13.7. The number of halogens is 6. The van der Waals surface area contributed by atoms with Crippen LogP contribution >= 0.6 is 0 Å². The van der Waals surface area contributed by atoms with Crippen molar-refractivity contribution in [2.24, 2.45) is 0 Å². The van der Waals surface area contributed by atoms with Gasteiger partial charge in [-0.3, -0.25) is 0 Å². The van der Waals surface area contributed by atoms with Gasteiger partial charge in [0, 0.05) is 31.3 Å². The number of pyridine rings is 1. The molecular weight excluding hydrogens is 378 g/mol. The molecule has 148 valence electrons. The van der Waals surface area contributed by atoms with Gasteiger partial charge in [0.2, 0.25) is 5.88 Å². The molecule has 1 heterocycles. The lowest BCUT2D eigenvalue weighted by molar-refractivity contribution is -0.274. The van der Waals surface area contributed by atoms with Crippen molar-refractivity contribution in [3.05, 3.63) is 42.0 Å². The number of alkyl halides is 6. The molecule has 0 spiro atoms. The zero-order valence-corrected chi connectivity index (χ0v) is 14.4. The Morgan fingerprint density at radius 2 is 1.67 bits per heavy atom. The highest BCUT2D eigenvalue weighted by Gasteiger charge is 2.31. The van der Waals surface area contributed by atoms with Gasteiger partial charge in [0.15, 0.2) is 0 Å². The van der Waals surface area contributed by atoms with E-state index in [-0.39, 0.29) is 18.3 Å². The second kappa shape index (κ2) is 7.93. The number of ether oxygens (including phenoxy) is 2. The molecule has 0 bridgehead atoms. The molecule has 0 atom stereocenters. The topological polar surface area (TPSA) is 34.6 Å². The number of rotatable bonds is 7. The van der Waals surface area contributed by atoms with E-state index in [2.05, 4.69) is 9.72 Å². The van der Waals surface area contributed by atoms with E-state index < -0.39 is 30.3 Å². The molecule has 2 rings (SSSR count). The smallest absolute Gasteiger partial charge is 0.475 e. The van der Waals surface area contributed by atoms with Crippen LogP contribution < -0.4 is 14.4 Å². The molecule has 0 saturated heterocycles. The lowest BCUT2D eigenvalue weighted by Crippen LogP contribution is -2.17. The van der Waals surface area contributed by atoms with Gasteiger partial charge in [-0.15, -0.1) is 13.2 Å². The molecular formula is C17H16F6N2O2. The van der Waals surface area contributed by atoms with Gasteiger partial charge >= 0.3 is 6.36 Å². The number of hydrogen-bond acceptors (Lipinski definition) is 4. The van der Waals surface area contributed by atoms with Gasteiger partial charge in [0.1, 0.15) is 24.8 Å². The fourth-order valence-electron chi connectivity index (χ4n) is 2.14. The Bertz CT molecular complexity index is 759. The summed E-state index contributed by atoms with van der Waals surface area (Å²) in [5.74, 6) is -3.76. The zero-order chi connectivity index (χ0) is 20.2. The number of hydrogen-bond donors (Lipinski definition) is 0. The van der Waals surface area contributed by atoms with Crippen molar-refractivity contribution in [1.29, 1.82) is 0 Å². The van der Waals surface area contributed by atoms with Crippen molar-refractivity contribution >= 4 is 11.5 Å². The van der Waals surface area contributed by atoms with E-state index in [0.29, 0.717) is 12.6 Å². The Morgan fingerprint density at radius 1 is 1.04 bits per heavy atom. The van der Waals surface area contributed by atoms with Crippen molar-refractivity contribution in [1.82, 2.24) is 4.98 Å². The van der Waals surface area contributed by atoms with Gasteiger partial charge in [0.25, 0.3) is 5.92 Å². The minimum atomic E-state index is -4.82. The molecule has 0 unspecified atom stereocenters. The lowest BCUT2D eigenvalue weighted by atomic mass is 10.1. The Morgan fingerprint density at radius 3 is 2.19 bits per heavy atom. The summed E-state index contributed by atoms with van der Waals surface area (Å²) in [7, 11) is 1.48. The average Bonchev–Trinajstić information content (AvgIpc) is 2.57. The fourth-order valence-corrected chi connectivity index (χ4v) is 2.14. The van der Waals surface area contributed by atoms with Gasteiger partial charge in [-0.1, -0.05) is 0 Å². The number of nitrogens with zero attached hydrogens (tertiary/aromatic N) is 2. The van der Waals surface area contributed by atoms with Crippen molar-refractivity contribution in [3.63, 3.8) is 0 Å². The second-order valence-corrected chi connectivity index (χ2v) is 5.58. The summed E-state index contributed by atoms with van der Waals surface area (Å²) in [4.78, 5) is 5.40. The third kappa shape index (κ3) is 5.93. The first-order chi connectivity index (χ1) is 12.5. The molecule has 2 aromatic rings. The highest BCUT2D eigenvalue weighted by Crippen LogP contribution is 2.34. The zero-order valence-electron chi connectivity index (χ0n) is 14.4. The van der Waals surface area contributed by atoms with Gasteiger partial charge in [0.05, 0.1) is 0 Å². The van der Waals surface area contributed by atoms with E-state index in [1.54, 1.807) is 0 Å². The molecule has 10 heteroatoms. The Hall–Kier alpha value is -2.65. The number of aromatic nitrogens is 1. The Labute approximate surface area is 151 Å². The SMILES string of the molecule is CN(c1ccc(OC(F)(F)F)cc1)c1cc(C(C)(F)F)cc(OCCF)n1. The lowest BCUT2D eigenvalue weighted by Gasteiger charge is -2.22. The van der Waals surface area contributed by atoms with E-state index >= 15 is 0 Å². The van der Waals surface area contributed by atoms with Crippen molar-refractivity contribution < 1.29 is 35.8 Å². The molecule has 0 saturated carbocycles. The maximum Gasteiger partial charge on any atom is 0.573 e. The first-order valence-electron chi connectivity index (χ1n) is 7.68. The summed E-state index contributed by atoms with van der Waals surface area (Å²) in [6, 6.07) is 6.90. The quantitative estimate of drug-likeness (QED) is 0.604. The van der Waals surface area contributed by atoms with E-state index in [0.717, 1.165) is 24.3 Å². The summed E-state index contributed by atoms with van der Waals surface area (Å²) in [6.07, 6.45) is -4.82. The first kappa shape index (κ1) is 20.7. The third-order valence-corrected chi connectivity index (χ3v) is 3.42. The highest BCUT2D eigenvalue weighted by atomic mass is 19.4. The summed E-state index contributed by atoms with van der Waals surface area (Å²) in [5.41, 5.74) is -0.0322. The molecule has 1 aromatic heterocycles.